The van der Waals surface area contributed by atoms with Crippen molar-refractivity contribution in [2.24, 2.45) is 5.73 Å². The molecule has 2 aromatic rings. The molecule has 2 aliphatic heterocycles. The summed E-state index contributed by atoms with van der Waals surface area (Å²) in [5.41, 5.74) is 6.00. The Labute approximate surface area is 206 Å². The van der Waals surface area contributed by atoms with Crippen LogP contribution in [0, 0.1) is 0 Å². The number of pyridine rings is 1. The van der Waals surface area contributed by atoms with E-state index < -0.39 is 17.9 Å². The zero-order valence-electron chi connectivity index (χ0n) is 18.9. The van der Waals surface area contributed by atoms with Gasteiger partial charge in [-0.15, -0.1) is 11.8 Å². The molecule has 1 aromatic carbocycles. The van der Waals surface area contributed by atoms with Crippen molar-refractivity contribution in [2.75, 3.05) is 55.8 Å². The summed E-state index contributed by atoms with van der Waals surface area (Å²) in [7, 11) is 0. The zero-order valence-corrected chi connectivity index (χ0v) is 20.4. The Hall–Kier alpha value is -1.75. The van der Waals surface area contributed by atoms with E-state index in [0.717, 1.165) is 56.7 Å². The van der Waals surface area contributed by atoms with E-state index in [1.165, 1.54) is 6.07 Å². The number of thioether (sulfide) groups is 1. The minimum Gasteiger partial charge on any atom is -0.368 e. The number of unbranched alkanes of at least 4 members (excludes halogenated alkanes) is 1. The molecular formula is C23H29ClF3N5OS. The number of halogens is 4. The molecule has 34 heavy (non-hydrogen) atoms. The van der Waals surface area contributed by atoms with Gasteiger partial charge in [-0.25, -0.2) is 4.98 Å². The summed E-state index contributed by atoms with van der Waals surface area (Å²) in [6, 6.07) is 5.46. The molecule has 0 bridgehead atoms. The number of benzene rings is 1. The Kier molecular flexibility index (Phi) is 8.12. The van der Waals surface area contributed by atoms with Crippen LogP contribution in [0.4, 0.5) is 18.9 Å². The molecule has 4 rings (SSSR count). The Morgan fingerprint density at radius 1 is 1.15 bits per heavy atom. The van der Waals surface area contributed by atoms with E-state index in [0.29, 0.717) is 35.6 Å². The maximum Gasteiger partial charge on any atom is 0.433 e. The Morgan fingerprint density at radius 2 is 1.91 bits per heavy atom. The van der Waals surface area contributed by atoms with Gasteiger partial charge in [0.2, 0.25) is 5.91 Å². The number of piperazine rings is 1. The van der Waals surface area contributed by atoms with Crippen molar-refractivity contribution in [3.8, 4) is 0 Å². The normalized spacial score (nSPS) is 18.6. The lowest BCUT2D eigenvalue weighted by Crippen LogP contribution is -2.47. The van der Waals surface area contributed by atoms with E-state index in [9.17, 15) is 18.0 Å². The molecule has 1 atom stereocenters. The van der Waals surface area contributed by atoms with E-state index in [2.05, 4.69) is 9.88 Å². The van der Waals surface area contributed by atoms with Gasteiger partial charge in [0.05, 0.1) is 17.4 Å². The van der Waals surface area contributed by atoms with Gasteiger partial charge in [-0.1, -0.05) is 18.0 Å². The number of nitrogens with two attached hydrogens (primary N) is 1. The highest BCUT2D eigenvalue weighted by atomic mass is 35.5. The third kappa shape index (κ3) is 6.08. The van der Waals surface area contributed by atoms with Crippen LogP contribution >= 0.6 is 23.4 Å². The second kappa shape index (κ2) is 10.9. The number of anilines is 1. The number of carbonyl (C=O) groups is 1. The molecule has 0 spiro atoms. The average Bonchev–Trinajstić information content (AvgIpc) is 3.35. The lowest BCUT2D eigenvalue weighted by Gasteiger charge is -2.37. The summed E-state index contributed by atoms with van der Waals surface area (Å²) in [6.07, 6.45) is -2.04. The van der Waals surface area contributed by atoms with Crippen molar-refractivity contribution < 1.29 is 18.0 Å². The fourth-order valence-corrected chi connectivity index (χ4v) is 5.57. The second-order valence-electron chi connectivity index (χ2n) is 8.76. The number of rotatable bonds is 7. The molecule has 2 N–H and O–H groups in total. The predicted molar refractivity (Wildman–Crippen MR) is 131 cm³/mol. The largest absolute Gasteiger partial charge is 0.433 e. The topological polar surface area (TPSA) is 65.7 Å². The molecule has 2 saturated heterocycles. The van der Waals surface area contributed by atoms with Crippen LogP contribution in [0.15, 0.2) is 24.3 Å². The summed E-state index contributed by atoms with van der Waals surface area (Å²) in [5.74, 6) is 1.76. The first kappa shape index (κ1) is 25.3. The number of nitrogens with zero attached hydrogens (tertiary/aromatic N) is 4. The van der Waals surface area contributed by atoms with Crippen molar-refractivity contribution in [3.63, 3.8) is 0 Å². The molecule has 2 fully saturated rings. The van der Waals surface area contributed by atoms with Gasteiger partial charge in [0.15, 0.2) is 0 Å². The highest BCUT2D eigenvalue weighted by Gasteiger charge is 2.34. The molecule has 0 unspecified atom stereocenters. The molecule has 3 heterocycles. The monoisotopic (exact) mass is 515 g/mol. The molecule has 1 aromatic heterocycles. The number of fused-ring (bicyclic) bond motifs is 1. The minimum atomic E-state index is -4.51. The summed E-state index contributed by atoms with van der Waals surface area (Å²) < 4.78 is 40.3. The van der Waals surface area contributed by atoms with Crippen LogP contribution < -0.4 is 10.6 Å². The van der Waals surface area contributed by atoms with Crippen LogP contribution in [-0.2, 0) is 11.0 Å². The van der Waals surface area contributed by atoms with Crippen LogP contribution in [0.3, 0.4) is 0 Å². The number of hydrogen-bond acceptors (Lipinski definition) is 6. The van der Waals surface area contributed by atoms with Gasteiger partial charge in [0.25, 0.3) is 0 Å². The maximum absolute atomic E-state index is 13.4. The number of aromatic nitrogens is 1. The van der Waals surface area contributed by atoms with Crippen molar-refractivity contribution >= 4 is 45.9 Å². The van der Waals surface area contributed by atoms with Crippen LogP contribution in [0.1, 0.15) is 25.0 Å². The zero-order chi connectivity index (χ0) is 24.3. The van der Waals surface area contributed by atoms with Crippen LogP contribution in [0.5, 0.6) is 0 Å². The fourth-order valence-electron chi connectivity index (χ4n) is 4.44. The van der Waals surface area contributed by atoms with Gasteiger partial charge in [-0.2, -0.15) is 13.2 Å². The first-order valence-electron chi connectivity index (χ1n) is 11.5. The van der Waals surface area contributed by atoms with Crippen LogP contribution in [0.2, 0.25) is 5.02 Å². The third-order valence-electron chi connectivity index (χ3n) is 6.37. The Balaban J connectivity index is 1.30. The van der Waals surface area contributed by atoms with Crippen molar-refractivity contribution in [2.45, 2.75) is 31.5 Å². The molecule has 1 amide bonds. The molecule has 11 heteroatoms. The first-order chi connectivity index (χ1) is 16.2. The molecule has 2 aliphatic rings. The number of carbonyl (C=O) groups excluding carboxylic acids is 1. The smallest absolute Gasteiger partial charge is 0.368 e. The number of amides is 1. The lowest BCUT2D eigenvalue weighted by atomic mass is 10.1. The van der Waals surface area contributed by atoms with Gasteiger partial charge >= 0.3 is 6.18 Å². The maximum atomic E-state index is 13.4. The van der Waals surface area contributed by atoms with Gasteiger partial charge in [-0.3, -0.25) is 9.69 Å². The molecular weight excluding hydrogens is 487 g/mol. The molecule has 0 aliphatic carbocycles. The number of alkyl halides is 3. The standard InChI is InChI=1S/C23H29ClF3N5OS/c24-16-4-5-19-17(13-16)20(14-21(29-19)23(25,26)27)31-9-7-30(8-10-31)6-2-1-3-18(28)22(33)32-11-12-34-15-32/h4-5,13-14,18H,1-3,6-12,15,28H2/t18-/m0/s1. The van der Waals surface area contributed by atoms with Crippen molar-refractivity contribution in [1.29, 1.82) is 0 Å². The van der Waals surface area contributed by atoms with Crippen molar-refractivity contribution in [3.05, 3.63) is 35.0 Å². The molecule has 6 nitrogen and oxygen atoms in total. The Morgan fingerprint density at radius 3 is 2.59 bits per heavy atom. The van der Waals surface area contributed by atoms with Gasteiger partial charge in [0.1, 0.15) is 5.69 Å². The fraction of sp³-hybridized carbons (Fsp3) is 0.565. The highest BCUT2D eigenvalue weighted by molar-refractivity contribution is 7.99. The van der Waals surface area contributed by atoms with Crippen molar-refractivity contribution in [1.82, 2.24) is 14.8 Å². The van der Waals surface area contributed by atoms with E-state index in [4.69, 9.17) is 17.3 Å². The summed E-state index contributed by atoms with van der Waals surface area (Å²) >= 11 is 7.87. The quantitative estimate of drug-likeness (QED) is 0.561. The SMILES string of the molecule is N[C@@H](CCCCN1CCN(c2cc(C(F)(F)F)nc3ccc(Cl)cc23)CC1)C(=O)N1CCSC1. The van der Waals surface area contributed by atoms with E-state index >= 15 is 0 Å². The van der Waals surface area contributed by atoms with Gasteiger partial charge in [-0.05, 0) is 43.7 Å². The van der Waals surface area contributed by atoms with E-state index in [1.54, 1.807) is 23.9 Å². The lowest BCUT2D eigenvalue weighted by molar-refractivity contribution is -0.141. The van der Waals surface area contributed by atoms with Gasteiger partial charge in [0, 0.05) is 54.6 Å². The highest BCUT2D eigenvalue weighted by Crippen LogP contribution is 2.36. The second-order valence-corrected chi connectivity index (χ2v) is 10.3. The molecule has 186 valence electrons. The third-order valence-corrected chi connectivity index (χ3v) is 7.57. The Bertz CT molecular complexity index is 1010. The van der Waals surface area contributed by atoms with Gasteiger partial charge < -0.3 is 15.5 Å². The predicted octanol–water partition coefficient (Wildman–Crippen LogP) is 4.06. The number of hydrogen-bond donors (Lipinski definition) is 1. The van der Waals surface area contributed by atoms with E-state index in [1.807, 2.05) is 9.80 Å². The van der Waals surface area contributed by atoms with Crippen LogP contribution in [-0.4, -0.2) is 77.6 Å². The summed E-state index contributed by atoms with van der Waals surface area (Å²) in [6.45, 7) is 4.40. The summed E-state index contributed by atoms with van der Waals surface area (Å²) in [5, 5.41) is 1.10. The first-order valence-corrected chi connectivity index (χ1v) is 13.0. The van der Waals surface area contributed by atoms with Crippen LogP contribution in [0.25, 0.3) is 10.9 Å². The average molecular weight is 516 g/mol. The molecule has 0 radical (unpaired) electrons. The minimum absolute atomic E-state index is 0.0431. The summed E-state index contributed by atoms with van der Waals surface area (Å²) in [4.78, 5) is 22.2. The molecule has 0 saturated carbocycles. The van der Waals surface area contributed by atoms with E-state index in [-0.39, 0.29) is 11.4 Å².